The number of benzene rings is 1. The van der Waals surface area contributed by atoms with Gasteiger partial charge in [-0.3, -0.25) is 4.79 Å². The maximum Gasteiger partial charge on any atom is 0.291 e. The fraction of sp³-hybridized carbons (Fsp3) is 0.385. The number of hydrogen-bond acceptors (Lipinski definition) is 4. The standard InChI is InChI=1S/C13H14N4O/c1-8-2-5-10-11(6-8)15-12(17-16-10)13(18)14-7-9-3-4-9/h2,5-6,9H,3-4,7H2,1H3,(H,14,18). The first-order valence-electron chi connectivity index (χ1n) is 6.11. The third kappa shape index (κ3) is 2.30. The number of aromatic nitrogens is 3. The van der Waals surface area contributed by atoms with Crippen molar-refractivity contribution in [3.63, 3.8) is 0 Å². The van der Waals surface area contributed by atoms with Crippen LogP contribution < -0.4 is 5.32 Å². The van der Waals surface area contributed by atoms with Crippen LogP contribution in [0.25, 0.3) is 11.0 Å². The largest absolute Gasteiger partial charge is 0.349 e. The molecule has 5 heteroatoms. The summed E-state index contributed by atoms with van der Waals surface area (Å²) in [4.78, 5) is 16.1. The zero-order valence-electron chi connectivity index (χ0n) is 10.2. The van der Waals surface area contributed by atoms with Gasteiger partial charge in [-0.2, -0.15) is 0 Å². The number of nitrogens with zero attached hydrogens (tertiary/aromatic N) is 3. The summed E-state index contributed by atoms with van der Waals surface area (Å²) in [5.74, 6) is 0.552. The zero-order valence-corrected chi connectivity index (χ0v) is 10.2. The molecule has 2 aromatic rings. The average Bonchev–Trinajstić information content (AvgIpc) is 3.19. The van der Waals surface area contributed by atoms with E-state index in [1.54, 1.807) is 0 Å². The van der Waals surface area contributed by atoms with Gasteiger partial charge in [0.15, 0.2) is 0 Å². The van der Waals surface area contributed by atoms with E-state index in [0.29, 0.717) is 23.5 Å². The first kappa shape index (κ1) is 11.1. The summed E-state index contributed by atoms with van der Waals surface area (Å²) in [6.07, 6.45) is 2.41. The van der Waals surface area contributed by atoms with E-state index in [2.05, 4.69) is 20.5 Å². The molecule has 1 aromatic heterocycles. The average molecular weight is 242 g/mol. The van der Waals surface area contributed by atoms with Crippen LogP contribution in [0.4, 0.5) is 0 Å². The third-order valence-electron chi connectivity index (χ3n) is 3.06. The topological polar surface area (TPSA) is 67.8 Å². The first-order chi connectivity index (χ1) is 8.72. The Balaban J connectivity index is 1.84. The van der Waals surface area contributed by atoms with Crippen molar-refractivity contribution < 1.29 is 4.79 Å². The number of rotatable bonds is 3. The molecular formula is C13H14N4O. The number of carbonyl (C=O) groups excluding carboxylic acids is 1. The molecule has 1 fully saturated rings. The highest BCUT2D eigenvalue weighted by atomic mass is 16.2. The SMILES string of the molecule is Cc1ccc2nnc(C(=O)NCC3CC3)nc2c1. The Hall–Kier alpha value is -2.04. The fourth-order valence-electron chi connectivity index (χ4n) is 1.78. The van der Waals surface area contributed by atoms with E-state index in [0.717, 1.165) is 5.56 Å². The van der Waals surface area contributed by atoms with E-state index >= 15 is 0 Å². The molecule has 92 valence electrons. The molecule has 0 saturated heterocycles. The van der Waals surface area contributed by atoms with Crippen molar-refractivity contribution in [2.75, 3.05) is 6.54 Å². The predicted molar refractivity (Wildman–Crippen MR) is 67.1 cm³/mol. The Morgan fingerprint density at radius 3 is 2.94 bits per heavy atom. The van der Waals surface area contributed by atoms with Gasteiger partial charge in [0.1, 0.15) is 5.52 Å². The number of hydrogen-bond donors (Lipinski definition) is 1. The number of carbonyl (C=O) groups is 1. The predicted octanol–water partition coefficient (Wildman–Crippen LogP) is 1.47. The van der Waals surface area contributed by atoms with Crippen molar-refractivity contribution in [2.24, 2.45) is 5.92 Å². The normalized spacial score (nSPS) is 14.7. The summed E-state index contributed by atoms with van der Waals surface area (Å²) in [6, 6.07) is 5.71. The second-order valence-corrected chi connectivity index (χ2v) is 4.78. The van der Waals surface area contributed by atoms with E-state index < -0.39 is 0 Å². The quantitative estimate of drug-likeness (QED) is 0.885. The molecule has 1 aromatic carbocycles. The highest BCUT2D eigenvalue weighted by Gasteiger charge is 2.22. The van der Waals surface area contributed by atoms with Crippen molar-refractivity contribution >= 4 is 16.9 Å². The van der Waals surface area contributed by atoms with Crippen molar-refractivity contribution in [1.82, 2.24) is 20.5 Å². The molecule has 0 bridgehead atoms. The van der Waals surface area contributed by atoms with Gasteiger partial charge in [0.2, 0.25) is 5.82 Å². The van der Waals surface area contributed by atoms with Gasteiger partial charge in [-0.15, -0.1) is 10.2 Å². The fourth-order valence-corrected chi connectivity index (χ4v) is 1.78. The molecule has 0 aliphatic heterocycles. The van der Waals surface area contributed by atoms with Crippen LogP contribution >= 0.6 is 0 Å². The molecule has 1 N–H and O–H groups in total. The Kier molecular flexibility index (Phi) is 2.66. The molecule has 3 rings (SSSR count). The van der Waals surface area contributed by atoms with Crippen LogP contribution in [0.1, 0.15) is 29.0 Å². The zero-order chi connectivity index (χ0) is 12.5. The maximum atomic E-state index is 11.8. The van der Waals surface area contributed by atoms with Gasteiger partial charge in [-0.25, -0.2) is 4.98 Å². The summed E-state index contributed by atoms with van der Waals surface area (Å²) >= 11 is 0. The monoisotopic (exact) mass is 242 g/mol. The molecule has 18 heavy (non-hydrogen) atoms. The first-order valence-corrected chi connectivity index (χ1v) is 6.11. The molecule has 1 heterocycles. The summed E-state index contributed by atoms with van der Waals surface area (Å²) in [6.45, 7) is 2.70. The van der Waals surface area contributed by atoms with Crippen LogP contribution in [0.15, 0.2) is 18.2 Å². The van der Waals surface area contributed by atoms with Crippen LogP contribution in [0.2, 0.25) is 0 Å². The van der Waals surface area contributed by atoms with Gasteiger partial charge in [-0.05, 0) is 43.4 Å². The Morgan fingerprint density at radius 2 is 2.17 bits per heavy atom. The maximum absolute atomic E-state index is 11.8. The van der Waals surface area contributed by atoms with Gasteiger partial charge in [0, 0.05) is 6.54 Å². The van der Waals surface area contributed by atoms with Crippen molar-refractivity contribution in [3.05, 3.63) is 29.6 Å². The molecule has 0 radical (unpaired) electrons. The van der Waals surface area contributed by atoms with Gasteiger partial charge in [0.25, 0.3) is 5.91 Å². The van der Waals surface area contributed by atoms with E-state index in [9.17, 15) is 4.79 Å². The van der Waals surface area contributed by atoms with E-state index in [1.165, 1.54) is 12.8 Å². The lowest BCUT2D eigenvalue weighted by Gasteiger charge is -2.03. The number of amides is 1. The Bertz CT molecular complexity index is 607. The smallest absolute Gasteiger partial charge is 0.291 e. The molecule has 5 nitrogen and oxygen atoms in total. The lowest BCUT2D eigenvalue weighted by molar-refractivity contribution is 0.0940. The second kappa shape index (κ2) is 4.33. The summed E-state index contributed by atoms with van der Waals surface area (Å²) in [5.41, 5.74) is 2.51. The van der Waals surface area contributed by atoms with Gasteiger partial charge in [-0.1, -0.05) is 6.07 Å². The highest BCUT2D eigenvalue weighted by Crippen LogP contribution is 2.27. The Labute approximate surface area is 105 Å². The van der Waals surface area contributed by atoms with Crippen LogP contribution in [-0.2, 0) is 0 Å². The lowest BCUT2D eigenvalue weighted by atomic mass is 10.2. The summed E-state index contributed by atoms with van der Waals surface area (Å²) in [7, 11) is 0. The van der Waals surface area contributed by atoms with Crippen LogP contribution in [0, 0.1) is 12.8 Å². The van der Waals surface area contributed by atoms with Gasteiger partial charge < -0.3 is 5.32 Å². The van der Waals surface area contributed by atoms with Crippen LogP contribution in [0.5, 0.6) is 0 Å². The molecule has 0 unspecified atom stereocenters. The third-order valence-corrected chi connectivity index (χ3v) is 3.06. The molecular weight excluding hydrogens is 228 g/mol. The molecule has 1 aliphatic carbocycles. The van der Waals surface area contributed by atoms with Crippen molar-refractivity contribution in [3.8, 4) is 0 Å². The molecule has 0 atom stereocenters. The van der Waals surface area contributed by atoms with Gasteiger partial charge >= 0.3 is 0 Å². The minimum Gasteiger partial charge on any atom is -0.349 e. The minimum absolute atomic E-state index is 0.147. The van der Waals surface area contributed by atoms with E-state index in [1.807, 2.05) is 25.1 Å². The van der Waals surface area contributed by atoms with E-state index in [4.69, 9.17) is 0 Å². The van der Waals surface area contributed by atoms with Gasteiger partial charge in [0.05, 0.1) is 5.52 Å². The van der Waals surface area contributed by atoms with Crippen molar-refractivity contribution in [1.29, 1.82) is 0 Å². The molecule has 0 spiro atoms. The second-order valence-electron chi connectivity index (χ2n) is 4.78. The molecule has 1 amide bonds. The molecule has 1 aliphatic rings. The van der Waals surface area contributed by atoms with E-state index in [-0.39, 0.29) is 11.7 Å². The lowest BCUT2D eigenvalue weighted by Crippen LogP contribution is -2.27. The minimum atomic E-state index is -0.238. The Morgan fingerprint density at radius 1 is 1.33 bits per heavy atom. The molecule has 1 saturated carbocycles. The summed E-state index contributed by atoms with van der Waals surface area (Å²) in [5, 5.41) is 10.7. The highest BCUT2D eigenvalue weighted by molar-refractivity contribution is 5.91. The van der Waals surface area contributed by atoms with Crippen LogP contribution in [0.3, 0.4) is 0 Å². The summed E-state index contributed by atoms with van der Waals surface area (Å²) < 4.78 is 0. The number of aryl methyl sites for hydroxylation is 1. The number of nitrogens with one attached hydrogen (secondary N) is 1. The van der Waals surface area contributed by atoms with Crippen molar-refractivity contribution in [2.45, 2.75) is 19.8 Å². The number of fused-ring (bicyclic) bond motifs is 1. The van der Waals surface area contributed by atoms with Crippen LogP contribution in [-0.4, -0.2) is 27.6 Å².